The predicted molar refractivity (Wildman–Crippen MR) is 89.2 cm³/mol. The zero-order chi connectivity index (χ0) is 15.9. The predicted octanol–water partition coefficient (Wildman–Crippen LogP) is 2.38. The zero-order valence-corrected chi connectivity index (χ0v) is 12.8. The number of benzene rings is 1. The largest absolute Gasteiger partial charge is 0.508 e. The van der Waals surface area contributed by atoms with E-state index in [1.807, 2.05) is 32.2 Å². The second kappa shape index (κ2) is 7.47. The van der Waals surface area contributed by atoms with Gasteiger partial charge in [0.15, 0.2) is 0 Å². The van der Waals surface area contributed by atoms with E-state index in [4.69, 9.17) is 10.5 Å². The number of likely N-dealkylation sites (N-methyl/N-ethyl adjacent to an activating group) is 1. The van der Waals surface area contributed by atoms with E-state index in [2.05, 4.69) is 10.3 Å². The van der Waals surface area contributed by atoms with Gasteiger partial charge in [0.1, 0.15) is 12.4 Å². The quantitative estimate of drug-likeness (QED) is 0.433. The minimum atomic E-state index is 0.227. The highest BCUT2D eigenvalue weighted by molar-refractivity contribution is 5.83. The molecule has 1 heterocycles. The molecule has 0 spiro atoms. The lowest BCUT2D eigenvalue weighted by Crippen LogP contribution is -2.13. The number of aromatic nitrogens is 1. The summed E-state index contributed by atoms with van der Waals surface area (Å²) in [6.45, 7) is 3.27. The van der Waals surface area contributed by atoms with Crippen molar-refractivity contribution >= 4 is 16.5 Å². The van der Waals surface area contributed by atoms with Gasteiger partial charge in [0, 0.05) is 23.7 Å². The molecular formula is C17H21N3O2. The lowest BCUT2D eigenvalue weighted by Gasteiger charge is -2.08. The molecule has 0 aliphatic heterocycles. The first-order chi connectivity index (χ1) is 10.6. The molecule has 0 radical (unpaired) electrons. The summed E-state index contributed by atoms with van der Waals surface area (Å²) in [7, 11) is 1.88. The molecule has 5 heteroatoms. The maximum atomic E-state index is 9.49. The Morgan fingerprint density at radius 1 is 1.36 bits per heavy atom. The molecule has 22 heavy (non-hydrogen) atoms. The van der Waals surface area contributed by atoms with Crippen LogP contribution >= 0.6 is 0 Å². The van der Waals surface area contributed by atoms with Crippen molar-refractivity contribution in [3.63, 3.8) is 0 Å². The number of nitrogens with one attached hydrogen (secondary N) is 1. The Labute approximate surface area is 130 Å². The van der Waals surface area contributed by atoms with E-state index in [-0.39, 0.29) is 5.75 Å². The summed E-state index contributed by atoms with van der Waals surface area (Å²) in [5, 5.41) is 13.4. The molecule has 0 bridgehead atoms. The molecule has 1 aromatic heterocycles. The number of pyridine rings is 1. The lowest BCUT2D eigenvalue weighted by molar-refractivity contribution is 0.217. The third-order valence-electron chi connectivity index (χ3n) is 3.19. The molecule has 0 aliphatic carbocycles. The van der Waals surface area contributed by atoms with Crippen molar-refractivity contribution in [3.05, 3.63) is 54.1 Å². The molecule has 1 aromatic carbocycles. The van der Waals surface area contributed by atoms with Crippen LogP contribution in [0.1, 0.15) is 12.6 Å². The van der Waals surface area contributed by atoms with Gasteiger partial charge < -0.3 is 20.9 Å². The number of phenolic OH excluding ortho intramolecular Hbond substituents is 1. The fraction of sp³-hybridized carbons (Fsp3) is 0.235. The van der Waals surface area contributed by atoms with Crippen molar-refractivity contribution in [3.8, 4) is 5.75 Å². The number of nitrogens with two attached hydrogens (primary N) is 1. The molecule has 0 unspecified atom stereocenters. The Kier molecular flexibility index (Phi) is 5.38. The first kappa shape index (κ1) is 15.9. The van der Waals surface area contributed by atoms with Gasteiger partial charge in [-0.05, 0) is 44.3 Å². The van der Waals surface area contributed by atoms with Crippen LogP contribution in [0.4, 0.5) is 0 Å². The number of hydrogen-bond acceptors (Lipinski definition) is 5. The van der Waals surface area contributed by atoms with Crippen LogP contribution in [0.2, 0.25) is 0 Å². The average Bonchev–Trinajstić information content (AvgIpc) is 2.52. The number of hydrogen-bond donors (Lipinski definition) is 3. The topological polar surface area (TPSA) is 80.4 Å². The van der Waals surface area contributed by atoms with Gasteiger partial charge in [0.25, 0.3) is 0 Å². The summed E-state index contributed by atoms with van der Waals surface area (Å²) in [6.07, 6.45) is 3.38. The van der Waals surface area contributed by atoms with E-state index < -0.39 is 0 Å². The second-order valence-electron chi connectivity index (χ2n) is 4.90. The Balaban J connectivity index is 2.24. The fourth-order valence-corrected chi connectivity index (χ4v) is 2.06. The number of fused-ring (bicyclic) bond motifs is 1. The maximum Gasteiger partial charge on any atom is 0.116 e. The van der Waals surface area contributed by atoms with Gasteiger partial charge in [-0.15, -0.1) is 0 Å². The van der Waals surface area contributed by atoms with Gasteiger partial charge in [-0.1, -0.05) is 6.07 Å². The van der Waals surface area contributed by atoms with Gasteiger partial charge in [-0.3, -0.25) is 0 Å². The van der Waals surface area contributed by atoms with Crippen LogP contribution in [0.3, 0.4) is 0 Å². The number of rotatable bonds is 6. The Bertz CT molecular complexity index is 708. The first-order valence-corrected chi connectivity index (χ1v) is 7.12. The van der Waals surface area contributed by atoms with Crippen LogP contribution in [0.5, 0.6) is 5.75 Å². The molecule has 116 valence electrons. The number of nitrogens with zero attached hydrogens (tertiary/aromatic N) is 1. The number of phenols is 1. The van der Waals surface area contributed by atoms with E-state index in [9.17, 15) is 5.11 Å². The molecule has 0 atom stereocenters. The summed E-state index contributed by atoms with van der Waals surface area (Å²) in [4.78, 5) is 4.57. The Hall–Kier alpha value is -2.53. The van der Waals surface area contributed by atoms with E-state index in [0.29, 0.717) is 6.61 Å². The van der Waals surface area contributed by atoms with Crippen LogP contribution in [0.15, 0.2) is 48.4 Å². The first-order valence-electron chi connectivity index (χ1n) is 7.12. The van der Waals surface area contributed by atoms with Crippen LogP contribution in [0.25, 0.3) is 16.5 Å². The van der Waals surface area contributed by atoms with E-state index in [1.165, 1.54) is 6.20 Å². The van der Waals surface area contributed by atoms with Crippen LogP contribution in [-0.2, 0) is 4.74 Å². The molecule has 2 rings (SSSR count). The summed E-state index contributed by atoms with van der Waals surface area (Å²) < 4.78 is 5.58. The molecule has 0 amide bonds. The van der Waals surface area contributed by atoms with Gasteiger partial charge in [0.05, 0.1) is 17.0 Å². The number of aromatic hydroxyl groups is 1. The normalized spacial score (nSPS) is 12.6. The lowest BCUT2D eigenvalue weighted by atomic mass is 10.1. The summed E-state index contributed by atoms with van der Waals surface area (Å²) >= 11 is 0. The Morgan fingerprint density at radius 2 is 2.18 bits per heavy atom. The highest BCUT2D eigenvalue weighted by atomic mass is 16.5. The summed E-state index contributed by atoms with van der Waals surface area (Å²) in [6, 6.07) is 8.86. The van der Waals surface area contributed by atoms with Gasteiger partial charge in [0.2, 0.25) is 0 Å². The number of ether oxygens (including phenoxy) is 1. The SMILES string of the molecule is CNCCO/C(C)=C/C(=C\N)c1ccc2cc(O)ccc2n1. The minimum absolute atomic E-state index is 0.227. The van der Waals surface area contributed by atoms with Crippen molar-refractivity contribution in [2.45, 2.75) is 6.92 Å². The van der Waals surface area contributed by atoms with Crippen LogP contribution < -0.4 is 11.1 Å². The highest BCUT2D eigenvalue weighted by Crippen LogP contribution is 2.22. The van der Waals surface area contributed by atoms with Gasteiger partial charge in [-0.2, -0.15) is 0 Å². The molecule has 0 saturated heterocycles. The fourth-order valence-electron chi connectivity index (χ4n) is 2.06. The van der Waals surface area contributed by atoms with Gasteiger partial charge in [-0.25, -0.2) is 4.98 Å². The smallest absolute Gasteiger partial charge is 0.116 e. The van der Waals surface area contributed by atoms with E-state index in [0.717, 1.165) is 34.5 Å². The van der Waals surface area contributed by atoms with Gasteiger partial charge >= 0.3 is 0 Å². The van der Waals surface area contributed by atoms with Crippen molar-refractivity contribution in [2.24, 2.45) is 5.73 Å². The minimum Gasteiger partial charge on any atom is -0.508 e. The monoisotopic (exact) mass is 299 g/mol. The van der Waals surface area contributed by atoms with Crippen molar-refractivity contribution in [2.75, 3.05) is 20.2 Å². The summed E-state index contributed by atoms with van der Waals surface area (Å²) in [5.41, 5.74) is 8.07. The molecular weight excluding hydrogens is 278 g/mol. The van der Waals surface area contributed by atoms with E-state index in [1.54, 1.807) is 18.2 Å². The number of allylic oxidation sites excluding steroid dienone is 3. The van der Waals surface area contributed by atoms with Crippen molar-refractivity contribution < 1.29 is 9.84 Å². The molecule has 4 N–H and O–H groups in total. The maximum absolute atomic E-state index is 9.49. The summed E-state index contributed by atoms with van der Waals surface area (Å²) in [5.74, 6) is 1.00. The molecule has 0 fully saturated rings. The van der Waals surface area contributed by atoms with Crippen molar-refractivity contribution in [1.29, 1.82) is 0 Å². The zero-order valence-electron chi connectivity index (χ0n) is 12.8. The van der Waals surface area contributed by atoms with Crippen LogP contribution in [-0.4, -0.2) is 30.3 Å². The average molecular weight is 299 g/mol. The third-order valence-corrected chi connectivity index (χ3v) is 3.19. The molecule has 0 saturated carbocycles. The standard InChI is InChI=1S/C17H21N3O2/c1-12(22-8-7-19-2)9-14(11-18)17-5-3-13-10-15(21)4-6-16(13)20-17/h3-6,9-11,19,21H,7-8,18H2,1-2H3/b12-9+,14-11+. The van der Waals surface area contributed by atoms with Crippen molar-refractivity contribution in [1.82, 2.24) is 10.3 Å². The third kappa shape index (κ3) is 3.99. The molecule has 5 nitrogen and oxygen atoms in total. The molecule has 2 aromatic rings. The molecule has 0 aliphatic rings. The highest BCUT2D eigenvalue weighted by Gasteiger charge is 2.04. The van der Waals surface area contributed by atoms with E-state index >= 15 is 0 Å². The second-order valence-corrected chi connectivity index (χ2v) is 4.90. The Morgan fingerprint density at radius 3 is 2.91 bits per heavy atom. The van der Waals surface area contributed by atoms with Crippen LogP contribution in [0, 0.1) is 0 Å².